The number of carbonyl (C=O) groups is 1. The predicted octanol–water partition coefficient (Wildman–Crippen LogP) is 4.03. The quantitative estimate of drug-likeness (QED) is 0.340. The number of fused-ring (bicyclic) bond motifs is 1. The zero-order valence-electron chi connectivity index (χ0n) is 18.8. The van der Waals surface area contributed by atoms with Gasteiger partial charge >= 0.3 is 5.97 Å². The van der Waals surface area contributed by atoms with Crippen molar-refractivity contribution in [2.45, 2.75) is 40.5 Å². The molecule has 2 heterocycles. The predicted molar refractivity (Wildman–Crippen MR) is 125 cm³/mol. The highest BCUT2D eigenvalue weighted by Gasteiger charge is 2.17. The molecule has 7 nitrogen and oxygen atoms in total. The summed E-state index contributed by atoms with van der Waals surface area (Å²) in [6.07, 6.45) is -1.05. The Morgan fingerprint density at radius 1 is 1.09 bits per heavy atom. The Morgan fingerprint density at radius 2 is 1.81 bits per heavy atom. The second kappa shape index (κ2) is 8.88. The number of aliphatic hydroxyl groups is 1. The lowest BCUT2D eigenvalue weighted by Gasteiger charge is -2.15. The summed E-state index contributed by atoms with van der Waals surface area (Å²) in [6, 6.07) is 18.0. The van der Waals surface area contributed by atoms with Gasteiger partial charge in [-0.2, -0.15) is 5.10 Å². The third-order valence-corrected chi connectivity index (χ3v) is 5.59. The van der Waals surface area contributed by atoms with Gasteiger partial charge in [0.25, 0.3) is 0 Å². The number of hydrogen-bond donors (Lipinski definition) is 2. The molecule has 0 bridgehead atoms. The number of carbonyl (C=O) groups excluding carboxylic acids is 1. The Bertz CT molecular complexity index is 1250. The number of para-hydroxylation sites is 1. The van der Waals surface area contributed by atoms with Crippen molar-refractivity contribution >= 4 is 22.6 Å². The molecule has 1 atom stereocenters. The summed E-state index contributed by atoms with van der Waals surface area (Å²) in [7, 11) is 0. The zero-order chi connectivity index (χ0) is 22.8. The number of anilines is 1. The molecule has 0 saturated carbocycles. The number of nitrogens with zero attached hydrogens (tertiary/aromatic N) is 3. The highest BCUT2D eigenvalue weighted by atomic mass is 16.5. The maximum atomic E-state index is 12.4. The SMILES string of the molecule is Cc1ccc(-n2nc(C)c(NC(O)COC(=O)Cn3c(C)cc4ccccc43)c2C)cc1. The van der Waals surface area contributed by atoms with Crippen molar-refractivity contribution in [3.63, 3.8) is 0 Å². The second-order valence-electron chi connectivity index (χ2n) is 8.07. The van der Waals surface area contributed by atoms with Gasteiger partial charge in [0.1, 0.15) is 13.2 Å². The average Bonchev–Trinajstić information content (AvgIpc) is 3.23. The van der Waals surface area contributed by atoms with Crippen molar-refractivity contribution in [3.05, 3.63) is 77.2 Å². The molecule has 0 amide bonds. The summed E-state index contributed by atoms with van der Waals surface area (Å²) in [6.45, 7) is 7.73. The summed E-state index contributed by atoms with van der Waals surface area (Å²) in [5.74, 6) is -0.404. The summed E-state index contributed by atoms with van der Waals surface area (Å²) in [5.41, 5.74) is 6.43. The van der Waals surface area contributed by atoms with E-state index in [1.165, 1.54) is 5.56 Å². The fourth-order valence-electron chi connectivity index (χ4n) is 3.90. The number of aryl methyl sites for hydroxylation is 3. The maximum absolute atomic E-state index is 12.4. The lowest BCUT2D eigenvalue weighted by Crippen LogP contribution is -2.28. The van der Waals surface area contributed by atoms with Crippen LogP contribution in [0, 0.1) is 27.7 Å². The second-order valence-corrected chi connectivity index (χ2v) is 8.07. The third-order valence-electron chi connectivity index (χ3n) is 5.59. The minimum absolute atomic E-state index is 0.0927. The maximum Gasteiger partial charge on any atom is 0.326 e. The van der Waals surface area contributed by atoms with Crippen molar-refractivity contribution in [2.75, 3.05) is 11.9 Å². The molecule has 0 saturated heterocycles. The average molecular weight is 433 g/mol. The number of benzene rings is 2. The van der Waals surface area contributed by atoms with Gasteiger partial charge < -0.3 is 19.7 Å². The smallest absolute Gasteiger partial charge is 0.326 e. The normalized spacial score (nSPS) is 12.2. The molecule has 2 aromatic carbocycles. The van der Waals surface area contributed by atoms with E-state index in [9.17, 15) is 9.90 Å². The van der Waals surface area contributed by atoms with Crippen LogP contribution in [0.5, 0.6) is 0 Å². The first-order chi connectivity index (χ1) is 15.3. The van der Waals surface area contributed by atoms with Crippen LogP contribution in [0.15, 0.2) is 54.6 Å². The molecule has 2 N–H and O–H groups in total. The third kappa shape index (κ3) is 4.38. The molecule has 7 heteroatoms. The molecular formula is C25H28N4O3. The van der Waals surface area contributed by atoms with E-state index in [2.05, 4.69) is 10.4 Å². The standard InChI is InChI=1S/C25H28N4O3/c1-16-9-11-21(12-10-16)29-19(4)25(18(3)27-29)26-23(30)15-32-24(31)14-28-17(2)13-20-7-5-6-8-22(20)28/h5-13,23,26,30H,14-15H2,1-4H3. The van der Waals surface area contributed by atoms with E-state index in [0.717, 1.165) is 39.4 Å². The van der Waals surface area contributed by atoms with Crippen molar-refractivity contribution in [3.8, 4) is 5.69 Å². The highest BCUT2D eigenvalue weighted by Crippen LogP contribution is 2.24. The lowest BCUT2D eigenvalue weighted by molar-refractivity contribution is -0.146. The van der Waals surface area contributed by atoms with E-state index in [0.29, 0.717) is 0 Å². The Labute approximate surface area is 187 Å². The largest absolute Gasteiger partial charge is 0.460 e. The molecule has 0 aliphatic heterocycles. The number of ether oxygens (including phenoxy) is 1. The van der Waals surface area contributed by atoms with Gasteiger partial charge in [-0.15, -0.1) is 0 Å². The van der Waals surface area contributed by atoms with Crippen LogP contribution in [-0.4, -0.2) is 38.3 Å². The number of hydrogen-bond acceptors (Lipinski definition) is 5. The molecule has 32 heavy (non-hydrogen) atoms. The summed E-state index contributed by atoms with van der Waals surface area (Å²) >= 11 is 0. The van der Waals surface area contributed by atoms with Crippen LogP contribution in [0.3, 0.4) is 0 Å². The highest BCUT2D eigenvalue weighted by molar-refractivity contribution is 5.83. The van der Waals surface area contributed by atoms with Crippen LogP contribution in [0.1, 0.15) is 22.6 Å². The Balaban J connectivity index is 1.39. The number of nitrogens with one attached hydrogen (secondary N) is 1. The van der Waals surface area contributed by atoms with Crippen molar-refractivity contribution in [1.29, 1.82) is 0 Å². The number of esters is 1. The summed E-state index contributed by atoms with van der Waals surface area (Å²) < 4.78 is 9.08. The first-order valence-corrected chi connectivity index (χ1v) is 10.6. The number of rotatable bonds is 7. The van der Waals surface area contributed by atoms with Gasteiger partial charge in [-0.25, -0.2) is 4.68 Å². The van der Waals surface area contributed by atoms with E-state index >= 15 is 0 Å². The van der Waals surface area contributed by atoms with Gasteiger partial charge in [0.2, 0.25) is 0 Å². The van der Waals surface area contributed by atoms with Gasteiger partial charge in [-0.1, -0.05) is 35.9 Å². The monoisotopic (exact) mass is 432 g/mol. The topological polar surface area (TPSA) is 81.3 Å². The molecule has 0 spiro atoms. The first kappa shape index (κ1) is 21.6. The van der Waals surface area contributed by atoms with Crippen molar-refractivity contribution in [2.24, 2.45) is 0 Å². The molecule has 0 aliphatic rings. The number of aromatic nitrogens is 3. The number of aliphatic hydroxyl groups excluding tert-OH is 1. The molecule has 2 aromatic heterocycles. The van der Waals surface area contributed by atoms with Gasteiger partial charge in [-0.05, 0) is 57.3 Å². The van der Waals surface area contributed by atoms with Crippen LogP contribution < -0.4 is 5.32 Å². The van der Waals surface area contributed by atoms with Crippen LogP contribution in [0.4, 0.5) is 5.69 Å². The van der Waals surface area contributed by atoms with E-state index in [1.54, 1.807) is 0 Å². The van der Waals surface area contributed by atoms with Gasteiger partial charge in [0.15, 0.2) is 6.23 Å². The zero-order valence-corrected chi connectivity index (χ0v) is 18.8. The molecule has 0 aliphatic carbocycles. The minimum Gasteiger partial charge on any atom is -0.460 e. The fourth-order valence-corrected chi connectivity index (χ4v) is 3.90. The molecule has 1 unspecified atom stereocenters. The molecule has 4 rings (SSSR count). The van der Waals surface area contributed by atoms with Crippen LogP contribution in [-0.2, 0) is 16.1 Å². The molecule has 0 radical (unpaired) electrons. The molecule has 0 fully saturated rings. The lowest BCUT2D eigenvalue weighted by atomic mass is 10.2. The first-order valence-electron chi connectivity index (χ1n) is 10.6. The van der Waals surface area contributed by atoms with Crippen LogP contribution >= 0.6 is 0 Å². The van der Waals surface area contributed by atoms with E-state index in [-0.39, 0.29) is 13.2 Å². The van der Waals surface area contributed by atoms with E-state index in [1.807, 2.05) is 91.5 Å². The summed E-state index contributed by atoms with van der Waals surface area (Å²) in [5, 5.41) is 19.1. The van der Waals surface area contributed by atoms with Crippen molar-refractivity contribution < 1.29 is 14.6 Å². The van der Waals surface area contributed by atoms with E-state index in [4.69, 9.17) is 4.74 Å². The van der Waals surface area contributed by atoms with Gasteiger partial charge in [0, 0.05) is 11.2 Å². The fraction of sp³-hybridized carbons (Fsp3) is 0.280. The molecular weight excluding hydrogens is 404 g/mol. The Morgan fingerprint density at radius 3 is 2.56 bits per heavy atom. The minimum atomic E-state index is -1.05. The van der Waals surface area contributed by atoms with Crippen LogP contribution in [0.25, 0.3) is 16.6 Å². The van der Waals surface area contributed by atoms with Gasteiger partial charge in [0.05, 0.1) is 22.8 Å². The van der Waals surface area contributed by atoms with Crippen LogP contribution in [0.2, 0.25) is 0 Å². The van der Waals surface area contributed by atoms with Crippen molar-refractivity contribution in [1.82, 2.24) is 14.3 Å². The molecule has 166 valence electrons. The Kier molecular flexibility index (Phi) is 6.01. The molecule has 4 aromatic rings. The summed E-state index contributed by atoms with van der Waals surface area (Å²) in [4.78, 5) is 12.4. The van der Waals surface area contributed by atoms with Gasteiger partial charge in [-0.3, -0.25) is 4.79 Å². The van der Waals surface area contributed by atoms with E-state index < -0.39 is 12.2 Å². The Hall–Kier alpha value is -3.58.